The van der Waals surface area contributed by atoms with Gasteiger partial charge >= 0.3 is 0 Å². The zero-order valence-corrected chi connectivity index (χ0v) is 16.1. The highest BCUT2D eigenvalue weighted by Gasteiger charge is 2.51. The summed E-state index contributed by atoms with van der Waals surface area (Å²) in [6.45, 7) is 1.95. The molecule has 5 heteroatoms. The van der Waals surface area contributed by atoms with E-state index >= 15 is 0 Å². The van der Waals surface area contributed by atoms with Gasteiger partial charge in [-0.3, -0.25) is 4.79 Å². The van der Waals surface area contributed by atoms with Crippen molar-refractivity contribution in [2.45, 2.75) is 25.2 Å². The van der Waals surface area contributed by atoms with E-state index in [2.05, 4.69) is 5.32 Å². The maximum atomic E-state index is 13.1. The number of halogens is 1. The number of aromatic hydroxyl groups is 2. The number of rotatable bonds is 4. The van der Waals surface area contributed by atoms with Gasteiger partial charge < -0.3 is 15.5 Å². The molecule has 0 aromatic heterocycles. The molecule has 4 nitrogen and oxygen atoms in total. The topological polar surface area (TPSA) is 69.6 Å². The average molecular weight is 394 g/mol. The summed E-state index contributed by atoms with van der Waals surface area (Å²) in [6, 6.07) is 18.1. The summed E-state index contributed by atoms with van der Waals surface area (Å²) in [5.74, 6) is -0.510. The van der Waals surface area contributed by atoms with Crippen molar-refractivity contribution in [1.29, 1.82) is 0 Å². The summed E-state index contributed by atoms with van der Waals surface area (Å²) in [7, 11) is 0. The predicted molar refractivity (Wildman–Crippen MR) is 111 cm³/mol. The van der Waals surface area contributed by atoms with Crippen molar-refractivity contribution in [2.24, 2.45) is 0 Å². The van der Waals surface area contributed by atoms with Crippen LogP contribution in [0.3, 0.4) is 0 Å². The van der Waals surface area contributed by atoms with Crippen LogP contribution >= 0.6 is 11.6 Å². The van der Waals surface area contributed by atoms with Crippen molar-refractivity contribution in [1.82, 2.24) is 0 Å². The van der Waals surface area contributed by atoms with Gasteiger partial charge in [-0.2, -0.15) is 0 Å². The van der Waals surface area contributed by atoms with Gasteiger partial charge in [-0.25, -0.2) is 0 Å². The highest BCUT2D eigenvalue weighted by atomic mass is 35.5. The zero-order chi connectivity index (χ0) is 19.9. The second kappa shape index (κ2) is 6.88. The Morgan fingerprint density at radius 1 is 0.964 bits per heavy atom. The summed E-state index contributed by atoms with van der Waals surface area (Å²) in [5.41, 5.74) is 3.70. The Hall–Kier alpha value is -2.98. The first-order valence-corrected chi connectivity index (χ1v) is 9.47. The predicted octanol–water partition coefficient (Wildman–Crippen LogP) is 5.40. The highest BCUT2D eigenvalue weighted by molar-refractivity contribution is 6.30. The molecule has 0 bridgehead atoms. The van der Waals surface area contributed by atoms with Gasteiger partial charge in [0.1, 0.15) is 0 Å². The quantitative estimate of drug-likeness (QED) is 0.520. The van der Waals surface area contributed by atoms with Gasteiger partial charge in [0, 0.05) is 10.7 Å². The summed E-state index contributed by atoms with van der Waals surface area (Å²) in [4.78, 5) is 13.1. The monoisotopic (exact) mass is 393 g/mol. The number of anilines is 1. The first-order valence-electron chi connectivity index (χ1n) is 9.09. The van der Waals surface area contributed by atoms with E-state index in [0.29, 0.717) is 23.4 Å². The lowest BCUT2D eigenvalue weighted by molar-refractivity contribution is -0.118. The van der Waals surface area contributed by atoms with Gasteiger partial charge in [0.2, 0.25) is 5.91 Å². The Morgan fingerprint density at radius 2 is 1.71 bits per heavy atom. The van der Waals surface area contributed by atoms with Crippen molar-refractivity contribution in [3.05, 3.63) is 76.8 Å². The number of phenolic OH excluding ortho intramolecular Hbond substituents is 2. The van der Waals surface area contributed by atoms with E-state index in [0.717, 1.165) is 22.4 Å². The third-order valence-electron chi connectivity index (χ3n) is 5.36. The highest BCUT2D eigenvalue weighted by Crippen LogP contribution is 2.50. The summed E-state index contributed by atoms with van der Waals surface area (Å²) >= 11 is 6.10. The summed E-state index contributed by atoms with van der Waals surface area (Å²) in [5, 5.41) is 23.1. The molecule has 3 N–H and O–H groups in total. The van der Waals surface area contributed by atoms with Gasteiger partial charge in [0.05, 0.1) is 5.41 Å². The van der Waals surface area contributed by atoms with Gasteiger partial charge in [-0.1, -0.05) is 41.9 Å². The number of phenols is 2. The van der Waals surface area contributed by atoms with E-state index in [1.165, 1.54) is 12.1 Å². The fourth-order valence-electron chi connectivity index (χ4n) is 3.44. The first-order chi connectivity index (χ1) is 13.4. The minimum Gasteiger partial charge on any atom is -0.504 e. The Labute approximate surface area is 168 Å². The van der Waals surface area contributed by atoms with Crippen molar-refractivity contribution in [3.63, 3.8) is 0 Å². The van der Waals surface area contributed by atoms with Crippen LogP contribution in [0.4, 0.5) is 5.69 Å². The van der Waals surface area contributed by atoms with Crippen LogP contribution in [0, 0.1) is 6.92 Å². The molecule has 0 radical (unpaired) electrons. The van der Waals surface area contributed by atoms with Crippen LogP contribution in [0.5, 0.6) is 11.5 Å². The normalized spacial score (nSPS) is 14.5. The van der Waals surface area contributed by atoms with E-state index in [-0.39, 0.29) is 17.4 Å². The molecule has 0 unspecified atom stereocenters. The van der Waals surface area contributed by atoms with Crippen LogP contribution in [0.1, 0.15) is 24.0 Å². The number of amides is 1. The third-order valence-corrected chi connectivity index (χ3v) is 5.59. The van der Waals surface area contributed by atoms with E-state index in [1.54, 1.807) is 6.07 Å². The molecule has 3 aromatic rings. The number of hydrogen-bond acceptors (Lipinski definition) is 3. The molecular formula is C23H20ClNO3. The molecule has 28 heavy (non-hydrogen) atoms. The smallest absolute Gasteiger partial charge is 0.235 e. The molecule has 0 aliphatic heterocycles. The van der Waals surface area contributed by atoms with Crippen LogP contribution in [0.25, 0.3) is 11.1 Å². The lowest BCUT2D eigenvalue weighted by Gasteiger charge is -2.18. The van der Waals surface area contributed by atoms with E-state index < -0.39 is 5.41 Å². The maximum absolute atomic E-state index is 13.1. The van der Waals surface area contributed by atoms with E-state index in [1.807, 2.05) is 49.4 Å². The molecule has 1 saturated carbocycles. The second-order valence-electron chi connectivity index (χ2n) is 7.28. The largest absolute Gasteiger partial charge is 0.504 e. The van der Waals surface area contributed by atoms with E-state index in [4.69, 9.17) is 11.6 Å². The molecule has 1 amide bonds. The molecule has 0 saturated heterocycles. The lowest BCUT2D eigenvalue weighted by Crippen LogP contribution is -2.28. The van der Waals surface area contributed by atoms with Crippen LogP contribution in [-0.4, -0.2) is 16.1 Å². The lowest BCUT2D eigenvalue weighted by atomic mass is 9.94. The Balaban J connectivity index is 1.63. The van der Waals surface area contributed by atoms with Gasteiger partial charge in [0.15, 0.2) is 11.5 Å². The van der Waals surface area contributed by atoms with Crippen molar-refractivity contribution < 1.29 is 15.0 Å². The van der Waals surface area contributed by atoms with Gasteiger partial charge in [-0.05, 0) is 72.4 Å². The maximum Gasteiger partial charge on any atom is 0.235 e. The van der Waals surface area contributed by atoms with E-state index in [9.17, 15) is 15.0 Å². The van der Waals surface area contributed by atoms with Crippen LogP contribution < -0.4 is 5.32 Å². The molecule has 0 spiro atoms. The fourth-order valence-corrected chi connectivity index (χ4v) is 3.63. The molecule has 1 aliphatic carbocycles. The zero-order valence-electron chi connectivity index (χ0n) is 15.4. The van der Waals surface area contributed by atoms with Gasteiger partial charge in [0.25, 0.3) is 0 Å². The minimum atomic E-state index is -0.663. The summed E-state index contributed by atoms with van der Waals surface area (Å²) < 4.78 is 0. The molecule has 4 rings (SSSR count). The Morgan fingerprint density at radius 3 is 2.39 bits per heavy atom. The molecule has 3 aromatic carbocycles. The number of carbonyl (C=O) groups excluding carboxylic acids is 1. The van der Waals surface area contributed by atoms with Gasteiger partial charge in [-0.15, -0.1) is 0 Å². The molecular weight excluding hydrogens is 374 g/mol. The Kier molecular flexibility index (Phi) is 4.52. The standard InChI is InChI=1S/C23H20ClNO3/c1-14-5-6-16(15-3-2-4-18(24)11-15)12-19(14)25-22(28)23(9-10-23)17-7-8-20(26)21(27)13-17/h2-8,11-13,26-27H,9-10H2,1H3,(H,25,28). The van der Waals surface area contributed by atoms with Crippen molar-refractivity contribution >= 4 is 23.2 Å². The number of nitrogens with one attached hydrogen (secondary N) is 1. The summed E-state index contributed by atoms with van der Waals surface area (Å²) in [6.07, 6.45) is 1.41. The minimum absolute atomic E-state index is 0.107. The fraction of sp³-hybridized carbons (Fsp3) is 0.174. The van der Waals surface area contributed by atoms with Crippen LogP contribution in [0.2, 0.25) is 5.02 Å². The molecule has 1 aliphatic rings. The molecule has 142 valence electrons. The second-order valence-corrected chi connectivity index (χ2v) is 7.72. The van der Waals surface area contributed by atoms with Crippen molar-refractivity contribution in [2.75, 3.05) is 5.32 Å². The molecule has 0 atom stereocenters. The molecule has 0 heterocycles. The first kappa shape index (κ1) is 18.4. The van der Waals surface area contributed by atoms with Crippen LogP contribution in [-0.2, 0) is 10.2 Å². The number of carbonyl (C=O) groups is 1. The number of benzene rings is 3. The third kappa shape index (κ3) is 3.32. The average Bonchev–Trinajstić information content (AvgIpc) is 3.48. The molecule has 1 fully saturated rings. The van der Waals surface area contributed by atoms with Crippen molar-refractivity contribution in [3.8, 4) is 22.6 Å². The number of aryl methyl sites for hydroxylation is 1. The number of hydrogen-bond donors (Lipinski definition) is 3. The Bertz CT molecular complexity index is 1070. The van der Waals surface area contributed by atoms with Crippen LogP contribution in [0.15, 0.2) is 60.7 Å². The SMILES string of the molecule is Cc1ccc(-c2cccc(Cl)c2)cc1NC(=O)C1(c2ccc(O)c(O)c2)CC1.